The number of nitrogens with one attached hydrogen (secondary N) is 1. The van der Waals surface area contributed by atoms with Gasteiger partial charge in [0, 0.05) is 5.92 Å². The number of oxazole rings is 1. The van der Waals surface area contributed by atoms with Crippen LogP contribution in [0.2, 0.25) is 0 Å². The number of ether oxygens (including phenoxy) is 2. The zero-order valence-electron chi connectivity index (χ0n) is 21.5. The van der Waals surface area contributed by atoms with Gasteiger partial charge < -0.3 is 13.9 Å². The summed E-state index contributed by atoms with van der Waals surface area (Å²) in [5.41, 5.74) is 2.77. The van der Waals surface area contributed by atoms with Gasteiger partial charge in [0.1, 0.15) is 34.6 Å². The standard InChI is InChI=1S/C28H26N4O5S2/c1-18(2)26-30-31-27(38-26)32-39(33,34)24-15-13-22(14-16-24)35-17-25-19(3)36-28(29-25)37-23-11-9-21(10-12-23)20-7-5-4-6-8-20/h4-16,18H,17H2,1-3H3,(H,31,32). The summed E-state index contributed by atoms with van der Waals surface area (Å²) in [7, 11) is -3.80. The van der Waals surface area contributed by atoms with Gasteiger partial charge in [0.05, 0.1) is 4.90 Å². The molecule has 1 N–H and O–H groups in total. The molecule has 0 bridgehead atoms. The molecule has 0 unspecified atom stereocenters. The summed E-state index contributed by atoms with van der Waals surface area (Å²) < 4.78 is 45.1. The molecule has 0 saturated heterocycles. The Kier molecular flexibility index (Phi) is 7.62. The molecule has 39 heavy (non-hydrogen) atoms. The third-order valence-electron chi connectivity index (χ3n) is 5.71. The van der Waals surface area contributed by atoms with E-state index in [9.17, 15) is 8.42 Å². The van der Waals surface area contributed by atoms with E-state index in [0.717, 1.165) is 16.1 Å². The van der Waals surface area contributed by atoms with Crippen LogP contribution in [0, 0.1) is 6.92 Å². The van der Waals surface area contributed by atoms with Gasteiger partial charge in [0.15, 0.2) is 0 Å². The van der Waals surface area contributed by atoms with E-state index in [1.807, 2.05) is 68.4 Å². The smallest absolute Gasteiger partial charge is 0.399 e. The van der Waals surface area contributed by atoms with Crippen LogP contribution >= 0.6 is 11.3 Å². The monoisotopic (exact) mass is 562 g/mol. The van der Waals surface area contributed by atoms with Crippen LogP contribution in [0.5, 0.6) is 17.6 Å². The normalized spacial score (nSPS) is 11.5. The van der Waals surface area contributed by atoms with Crippen molar-refractivity contribution in [3.63, 3.8) is 0 Å². The molecule has 0 aliphatic rings. The molecular formula is C28H26N4O5S2. The van der Waals surface area contributed by atoms with Crippen molar-refractivity contribution >= 4 is 26.5 Å². The third kappa shape index (κ3) is 6.44. The average Bonchev–Trinajstić information content (AvgIpc) is 3.54. The van der Waals surface area contributed by atoms with Crippen molar-refractivity contribution in [1.29, 1.82) is 0 Å². The van der Waals surface area contributed by atoms with Crippen LogP contribution in [0.3, 0.4) is 0 Å². The van der Waals surface area contributed by atoms with Crippen LogP contribution in [-0.2, 0) is 16.6 Å². The number of rotatable bonds is 10. The van der Waals surface area contributed by atoms with Gasteiger partial charge in [-0.25, -0.2) is 8.42 Å². The topological polar surface area (TPSA) is 116 Å². The molecule has 200 valence electrons. The SMILES string of the molecule is Cc1oc(Oc2ccc(-c3ccccc3)cc2)nc1COc1ccc(S(=O)(=O)Nc2nnc(C(C)C)s2)cc1. The first-order valence-corrected chi connectivity index (χ1v) is 14.5. The summed E-state index contributed by atoms with van der Waals surface area (Å²) in [6.07, 6.45) is 0.114. The maximum atomic E-state index is 12.7. The van der Waals surface area contributed by atoms with E-state index in [4.69, 9.17) is 13.9 Å². The fourth-order valence-corrected chi connectivity index (χ4v) is 5.55. The quantitative estimate of drug-likeness (QED) is 0.198. The first-order chi connectivity index (χ1) is 18.8. The molecule has 0 spiro atoms. The van der Waals surface area contributed by atoms with Gasteiger partial charge in [0.25, 0.3) is 10.0 Å². The minimum atomic E-state index is -3.80. The second-order valence-electron chi connectivity index (χ2n) is 8.94. The highest BCUT2D eigenvalue weighted by Gasteiger charge is 2.18. The Balaban J connectivity index is 1.18. The van der Waals surface area contributed by atoms with Crippen molar-refractivity contribution in [2.45, 2.75) is 38.2 Å². The van der Waals surface area contributed by atoms with E-state index in [1.165, 1.54) is 23.5 Å². The minimum absolute atomic E-state index is 0.0859. The van der Waals surface area contributed by atoms with Gasteiger partial charge in [-0.15, -0.1) is 10.2 Å². The van der Waals surface area contributed by atoms with E-state index in [2.05, 4.69) is 19.9 Å². The van der Waals surface area contributed by atoms with E-state index < -0.39 is 10.0 Å². The Morgan fingerprint density at radius 3 is 2.23 bits per heavy atom. The summed E-state index contributed by atoms with van der Waals surface area (Å²) >= 11 is 1.21. The lowest BCUT2D eigenvalue weighted by Gasteiger charge is -2.07. The Bertz CT molecular complexity index is 1650. The minimum Gasteiger partial charge on any atom is -0.487 e. The van der Waals surface area contributed by atoms with Crippen LogP contribution in [-0.4, -0.2) is 23.6 Å². The molecule has 9 nitrogen and oxygen atoms in total. The molecule has 0 aliphatic heterocycles. The van der Waals surface area contributed by atoms with Crippen molar-refractivity contribution in [2.75, 3.05) is 4.72 Å². The van der Waals surface area contributed by atoms with E-state index in [1.54, 1.807) is 19.1 Å². The lowest BCUT2D eigenvalue weighted by molar-refractivity contribution is 0.299. The summed E-state index contributed by atoms with van der Waals surface area (Å²) in [5.74, 6) is 1.81. The van der Waals surface area contributed by atoms with Gasteiger partial charge in [-0.05, 0) is 54.4 Å². The molecule has 0 radical (unpaired) electrons. The van der Waals surface area contributed by atoms with Gasteiger partial charge in [-0.1, -0.05) is 67.6 Å². The van der Waals surface area contributed by atoms with E-state index in [-0.39, 0.29) is 28.6 Å². The lowest BCUT2D eigenvalue weighted by Crippen LogP contribution is -2.12. The van der Waals surface area contributed by atoms with Crippen molar-refractivity contribution in [3.8, 4) is 28.7 Å². The zero-order valence-corrected chi connectivity index (χ0v) is 23.1. The summed E-state index contributed by atoms with van der Waals surface area (Å²) in [4.78, 5) is 4.47. The Labute approximate surface area is 230 Å². The fourth-order valence-electron chi connectivity index (χ4n) is 3.58. The molecule has 5 rings (SSSR count). The number of benzene rings is 3. The number of hydrogen-bond donors (Lipinski definition) is 1. The fraction of sp³-hybridized carbons (Fsp3) is 0.179. The third-order valence-corrected chi connectivity index (χ3v) is 8.33. The second kappa shape index (κ2) is 11.3. The molecule has 0 aliphatic carbocycles. The molecule has 11 heteroatoms. The van der Waals surface area contributed by atoms with Crippen molar-refractivity contribution in [1.82, 2.24) is 15.2 Å². The first-order valence-electron chi connectivity index (χ1n) is 12.2. The molecule has 0 saturated carbocycles. The van der Waals surface area contributed by atoms with Crippen molar-refractivity contribution in [2.24, 2.45) is 0 Å². The Morgan fingerprint density at radius 2 is 1.56 bits per heavy atom. The average molecular weight is 563 g/mol. The van der Waals surface area contributed by atoms with Crippen LogP contribution in [0.25, 0.3) is 11.1 Å². The highest BCUT2D eigenvalue weighted by molar-refractivity contribution is 7.93. The highest BCUT2D eigenvalue weighted by Crippen LogP contribution is 2.28. The number of aryl methyl sites for hydroxylation is 1. The predicted octanol–water partition coefficient (Wildman–Crippen LogP) is 6.80. The number of hydrogen-bond acceptors (Lipinski definition) is 9. The number of aromatic nitrogens is 3. The maximum absolute atomic E-state index is 12.7. The largest absolute Gasteiger partial charge is 0.487 e. The molecule has 5 aromatic rings. The summed E-state index contributed by atoms with van der Waals surface area (Å²) in [5, 5.41) is 8.90. The van der Waals surface area contributed by atoms with E-state index >= 15 is 0 Å². The van der Waals surface area contributed by atoms with Crippen molar-refractivity contribution in [3.05, 3.63) is 95.3 Å². The van der Waals surface area contributed by atoms with Gasteiger partial charge in [-0.3, -0.25) is 4.72 Å². The summed E-state index contributed by atoms with van der Waals surface area (Å²) in [6, 6.07) is 23.8. The lowest BCUT2D eigenvalue weighted by atomic mass is 10.1. The van der Waals surface area contributed by atoms with Crippen LogP contribution in [0.15, 0.2) is 88.2 Å². The van der Waals surface area contributed by atoms with E-state index in [0.29, 0.717) is 23.0 Å². The predicted molar refractivity (Wildman–Crippen MR) is 149 cm³/mol. The number of sulfonamides is 1. The molecule has 2 aromatic heterocycles. The number of nitrogens with zero attached hydrogens (tertiary/aromatic N) is 3. The molecule has 3 aromatic carbocycles. The molecule has 0 atom stereocenters. The molecule has 0 fully saturated rings. The maximum Gasteiger partial charge on any atom is 0.399 e. The van der Waals surface area contributed by atoms with Crippen LogP contribution in [0.4, 0.5) is 5.13 Å². The van der Waals surface area contributed by atoms with Gasteiger partial charge in [-0.2, -0.15) is 4.98 Å². The molecular weight excluding hydrogens is 536 g/mol. The molecule has 2 heterocycles. The highest BCUT2D eigenvalue weighted by atomic mass is 32.2. The first kappa shape index (κ1) is 26.4. The second-order valence-corrected chi connectivity index (χ2v) is 11.6. The van der Waals surface area contributed by atoms with Crippen molar-refractivity contribution < 1.29 is 22.3 Å². The Morgan fingerprint density at radius 1 is 0.897 bits per heavy atom. The zero-order chi connectivity index (χ0) is 27.4. The van der Waals surface area contributed by atoms with Gasteiger partial charge >= 0.3 is 6.08 Å². The van der Waals surface area contributed by atoms with Gasteiger partial charge in [0.2, 0.25) is 5.13 Å². The molecule has 0 amide bonds. The Hall–Kier alpha value is -4.22. The van der Waals surface area contributed by atoms with Crippen LogP contribution in [0.1, 0.15) is 36.2 Å². The van der Waals surface area contributed by atoms with Crippen LogP contribution < -0.4 is 14.2 Å². The summed E-state index contributed by atoms with van der Waals surface area (Å²) in [6.45, 7) is 5.84. The number of anilines is 1.